The van der Waals surface area contributed by atoms with Crippen LogP contribution in [0.15, 0.2) is 42.5 Å². The minimum atomic E-state index is -0.507. The van der Waals surface area contributed by atoms with Crippen LogP contribution in [0, 0.1) is 13.8 Å². The van der Waals surface area contributed by atoms with E-state index in [1.807, 2.05) is 57.2 Å². The summed E-state index contributed by atoms with van der Waals surface area (Å²) in [5.41, 5.74) is 4.29. The molecule has 128 valence electrons. The summed E-state index contributed by atoms with van der Waals surface area (Å²) < 4.78 is 5.88. The first kappa shape index (κ1) is 18.1. The van der Waals surface area contributed by atoms with Crippen molar-refractivity contribution < 1.29 is 9.53 Å². The molecule has 2 aromatic rings. The quantitative estimate of drug-likeness (QED) is 0.790. The van der Waals surface area contributed by atoms with Crippen LogP contribution in [0.4, 0.5) is 5.69 Å². The van der Waals surface area contributed by atoms with Gasteiger partial charge in [-0.3, -0.25) is 4.79 Å². The second kappa shape index (κ2) is 8.00. The highest BCUT2D eigenvalue weighted by atomic mass is 16.5. The fourth-order valence-electron chi connectivity index (χ4n) is 2.65. The number of amides is 1. The molecule has 0 fully saturated rings. The summed E-state index contributed by atoms with van der Waals surface area (Å²) in [6.45, 7) is 10.3. The number of ether oxygens (including phenoxy) is 1. The molecule has 0 saturated heterocycles. The molecule has 0 heterocycles. The number of carbonyl (C=O) groups excluding carboxylic acids is 1. The van der Waals surface area contributed by atoms with Crippen LogP contribution in [0.3, 0.4) is 0 Å². The number of hydrogen-bond donors (Lipinski definition) is 1. The number of carbonyl (C=O) groups is 1. The van der Waals surface area contributed by atoms with E-state index in [9.17, 15) is 4.79 Å². The van der Waals surface area contributed by atoms with Gasteiger partial charge in [0.05, 0.1) is 0 Å². The minimum absolute atomic E-state index is 0.103. The first-order chi connectivity index (χ1) is 11.4. The Kier molecular flexibility index (Phi) is 6.02. The summed E-state index contributed by atoms with van der Waals surface area (Å²) in [5.74, 6) is 0.962. The van der Waals surface area contributed by atoms with Gasteiger partial charge in [-0.2, -0.15) is 0 Å². The molecule has 24 heavy (non-hydrogen) atoms. The van der Waals surface area contributed by atoms with E-state index in [4.69, 9.17) is 4.74 Å². The number of benzene rings is 2. The topological polar surface area (TPSA) is 38.3 Å². The summed E-state index contributed by atoms with van der Waals surface area (Å²) in [4.78, 5) is 12.7. The maximum atomic E-state index is 12.7. The summed E-state index contributed by atoms with van der Waals surface area (Å²) in [5, 5.41) is 3.08. The summed E-state index contributed by atoms with van der Waals surface area (Å²) in [6.07, 6.45) is 0.107. The van der Waals surface area contributed by atoms with Gasteiger partial charge in [0.25, 0.3) is 5.91 Å². The fourth-order valence-corrected chi connectivity index (χ4v) is 2.65. The van der Waals surface area contributed by atoms with E-state index in [-0.39, 0.29) is 5.91 Å². The Hall–Kier alpha value is -2.29. The van der Waals surface area contributed by atoms with Crippen molar-refractivity contribution in [3.05, 3.63) is 59.2 Å². The average Bonchev–Trinajstić information content (AvgIpc) is 2.55. The molecular formula is C21H27NO2. The molecule has 1 atom stereocenters. The van der Waals surface area contributed by atoms with Crippen molar-refractivity contribution >= 4 is 11.6 Å². The zero-order valence-electron chi connectivity index (χ0n) is 15.2. The van der Waals surface area contributed by atoms with Gasteiger partial charge in [-0.25, -0.2) is 0 Å². The van der Waals surface area contributed by atoms with E-state index >= 15 is 0 Å². The van der Waals surface area contributed by atoms with Crippen LogP contribution in [0.2, 0.25) is 0 Å². The third kappa shape index (κ3) is 4.38. The number of hydrogen-bond acceptors (Lipinski definition) is 2. The van der Waals surface area contributed by atoms with Crippen LogP contribution >= 0.6 is 0 Å². The summed E-state index contributed by atoms with van der Waals surface area (Å²) in [7, 11) is 0. The van der Waals surface area contributed by atoms with Crippen molar-refractivity contribution in [2.24, 2.45) is 0 Å². The van der Waals surface area contributed by atoms with E-state index in [1.165, 1.54) is 5.56 Å². The lowest BCUT2D eigenvalue weighted by atomic mass is 9.98. The van der Waals surface area contributed by atoms with Crippen LogP contribution in [0.5, 0.6) is 5.75 Å². The zero-order valence-corrected chi connectivity index (χ0v) is 15.2. The molecule has 1 amide bonds. The molecule has 0 aliphatic heterocycles. The Morgan fingerprint density at radius 2 is 1.75 bits per heavy atom. The third-order valence-electron chi connectivity index (χ3n) is 4.14. The van der Waals surface area contributed by atoms with Gasteiger partial charge >= 0.3 is 0 Å². The Morgan fingerprint density at radius 3 is 2.33 bits per heavy atom. The summed E-state index contributed by atoms with van der Waals surface area (Å²) >= 11 is 0. The lowest BCUT2D eigenvalue weighted by molar-refractivity contribution is -0.122. The Balaban J connectivity index is 2.16. The average molecular weight is 325 g/mol. The van der Waals surface area contributed by atoms with E-state index in [0.29, 0.717) is 12.3 Å². The van der Waals surface area contributed by atoms with Crippen molar-refractivity contribution in [1.29, 1.82) is 0 Å². The van der Waals surface area contributed by atoms with Crippen LogP contribution < -0.4 is 10.1 Å². The van der Waals surface area contributed by atoms with Crippen molar-refractivity contribution in [2.45, 2.75) is 53.1 Å². The molecule has 0 aliphatic carbocycles. The first-order valence-electron chi connectivity index (χ1n) is 8.56. The maximum absolute atomic E-state index is 12.7. The zero-order chi connectivity index (χ0) is 17.7. The molecule has 0 spiro atoms. The smallest absolute Gasteiger partial charge is 0.265 e. The number of para-hydroxylation sites is 1. The van der Waals surface area contributed by atoms with Crippen molar-refractivity contribution in [3.63, 3.8) is 0 Å². The lowest BCUT2D eigenvalue weighted by Crippen LogP contribution is -2.33. The molecule has 0 radical (unpaired) electrons. The van der Waals surface area contributed by atoms with Crippen LogP contribution in [0.25, 0.3) is 0 Å². The van der Waals surface area contributed by atoms with Crippen LogP contribution in [-0.4, -0.2) is 12.0 Å². The number of rotatable bonds is 6. The predicted molar refractivity (Wildman–Crippen MR) is 99.8 cm³/mol. The Morgan fingerprint density at radius 1 is 1.08 bits per heavy atom. The Bertz CT molecular complexity index is 689. The van der Waals surface area contributed by atoms with Crippen LogP contribution in [0.1, 0.15) is 49.8 Å². The maximum Gasteiger partial charge on any atom is 0.265 e. The molecule has 2 aromatic carbocycles. The van der Waals surface area contributed by atoms with Crippen molar-refractivity contribution in [2.75, 3.05) is 5.32 Å². The standard InChI is InChI=1S/C21H27NO2/c1-6-19(24-17-12-10-15(4)11-13-17)21(23)22-20-16(5)8-7-9-18(20)14(2)3/h7-14,19H,6H2,1-5H3,(H,22,23)/t19-/m0/s1. The highest BCUT2D eigenvalue weighted by molar-refractivity contribution is 5.95. The van der Waals surface area contributed by atoms with Gasteiger partial charge in [0.15, 0.2) is 6.10 Å². The number of anilines is 1. The van der Waals surface area contributed by atoms with Gasteiger partial charge in [-0.1, -0.05) is 56.7 Å². The van der Waals surface area contributed by atoms with E-state index in [1.54, 1.807) is 0 Å². The lowest BCUT2D eigenvalue weighted by Gasteiger charge is -2.21. The molecule has 3 heteroatoms. The molecule has 0 aromatic heterocycles. The second-order valence-electron chi connectivity index (χ2n) is 6.51. The normalized spacial score (nSPS) is 12.1. The molecule has 0 saturated carbocycles. The monoisotopic (exact) mass is 325 g/mol. The molecule has 2 rings (SSSR count). The van der Waals surface area contributed by atoms with Gasteiger partial charge < -0.3 is 10.1 Å². The molecule has 0 aliphatic rings. The van der Waals surface area contributed by atoms with Gasteiger partial charge in [0, 0.05) is 5.69 Å². The number of aryl methyl sites for hydroxylation is 2. The van der Waals surface area contributed by atoms with Gasteiger partial charge in [0.1, 0.15) is 5.75 Å². The van der Waals surface area contributed by atoms with Gasteiger partial charge in [0.2, 0.25) is 0 Å². The summed E-state index contributed by atoms with van der Waals surface area (Å²) in [6, 6.07) is 13.9. The molecule has 1 N–H and O–H groups in total. The van der Waals surface area contributed by atoms with Crippen molar-refractivity contribution in [1.82, 2.24) is 0 Å². The largest absolute Gasteiger partial charge is 0.481 e. The van der Waals surface area contributed by atoms with E-state index < -0.39 is 6.10 Å². The second-order valence-corrected chi connectivity index (χ2v) is 6.51. The van der Waals surface area contributed by atoms with Crippen LogP contribution in [-0.2, 0) is 4.79 Å². The van der Waals surface area contributed by atoms with Gasteiger partial charge in [-0.05, 0) is 49.4 Å². The third-order valence-corrected chi connectivity index (χ3v) is 4.14. The first-order valence-corrected chi connectivity index (χ1v) is 8.56. The SMILES string of the molecule is CC[C@H](Oc1ccc(C)cc1)C(=O)Nc1c(C)cccc1C(C)C. The van der Waals surface area contributed by atoms with Gasteiger partial charge in [-0.15, -0.1) is 0 Å². The molecule has 0 bridgehead atoms. The fraction of sp³-hybridized carbons (Fsp3) is 0.381. The molecule has 3 nitrogen and oxygen atoms in total. The predicted octanol–water partition coefficient (Wildman–Crippen LogP) is 5.22. The minimum Gasteiger partial charge on any atom is -0.481 e. The number of nitrogens with one attached hydrogen (secondary N) is 1. The molecular weight excluding hydrogens is 298 g/mol. The highest BCUT2D eigenvalue weighted by Gasteiger charge is 2.21. The van der Waals surface area contributed by atoms with E-state index in [2.05, 4.69) is 25.2 Å². The van der Waals surface area contributed by atoms with E-state index in [0.717, 1.165) is 22.6 Å². The van der Waals surface area contributed by atoms with Crippen molar-refractivity contribution in [3.8, 4) is 5.75 Å². The Labute approximate surface area is 145 Å². The molecule has 0 unspecified atom stereocenters. The highest BCUT2D eigenvalue weighted by Crippen LogP contribution is 2.28.